The highest BCUT2D eigenvalue weighted by atomic mass is 32.2. The number of carbonyl (C=O) groups is 1. The first-order chi connectivity index (χ1) is 14.3. The van der Waals surface area contributed by atoms with E-state index in [0.717, 1.165) is 16.5 Å². The van der Waals surface area contributed by atoms with Crippen LogP contribution in [-0.4, -0.2) is 30.2 Å². The van der Waals surface area contributed by atoms with E-state index >= 15 is 0 Å². The molecule has 0 aliphatic carbocycles. The van der Waals surface area contributed by atoms with Gasteiger partial charge >= 0.3 is 0 Å². The lowest BCUT2D eigenvalue weighted by Crippen LogP contribution is -2.23. The van der Waals surface area contributed by atoms with E-state index < -0.39 is 10.0 Å². The molecule has 0 spiro atoms. The van der Waals surface area contributed by atoms with Gasteiger partial charge in [0.25, 0.3) is 5.91 Å². The number of sulfonamides is 1. The summed E-state index contributed by atoms with van der Waals surface area (Å²) in [6.45, 7) is 3.80. The average molecular weight is 460 g/mol. The second kappa shape index (κ2) is 7.95. The lowest BCUT2D eigenvalue weighted by molar-refractivity contribution is -0.115. The summed E-state index contributed by atoms with van der Waals surface area (Å²) in [6.07, 6.45) is 4.98. The molecule has 3 heterocycles. The number of fused-ring (bicyclic) bond motifs is 1. The molecule has 4 rings (SSSR count). The summed E-state index contributed by atoms with van der Waals surface area (Å²) in [4.78, 5) is 16.9. The molecule has 1 aliphatic rings. The third kappa shape index (κ3) is 3.91. The van der Waals surface area contributed by atoms with Gasteiger partial charge in [-0.1, -0.05) is 37.0 Å². The summed E-state index contributed by atoms with van der Waals surface area (Å²) in [5.74, 6) is 0.251. The fourth-order valence-corrected chi connectivity index (χ4v) is 5.49. The predicted molar refractivity (Wildman–Crippen MR) is 121 cm³/mol. The minimum Gasteiger partial charge on any atom is -0.456 e. The molecule has 2 N–H and O–H groups in total. The van der Waals surface area contributed by atoms with Crippen LogP contribution in [0.1, 0.15) is 18.2 Å². The van der Waals surface area contributed by atoms with Crippen molar-refractivity contribution < 1.29 is 17.6 Å². The summed E-state index contributed by atoms with van der Waals surface area (Å²) in [6, 6.07) is 6.89. The Morgan fingerprint density at radius 2 is 2.10 bits per heavy atom. The van der Waals surface area contributed by atoms with E-state index in [1.165, 1.54) is 11.8 Å². The van der Waals surface area contributed by atoms with Crippen LogP contribution in [0.5, 0.6) is 0 Å². The van der Waals surface area contributed by atoms with Crippen LogP contribution in [0, 0.1) is 6.92 Å². The summed E-state index contributed by atoms with van der Waals surface area (Å²) < 4.78 is 33.6. The van der Waals surface area contributed by atoms with Gasteiger partial charge in [-0.05, 0) is 36.2 Å². The standard InChI is InChI=1S/C20H17N3O4S3/c1-3-22-30(25,26)17-5-4-12(6-11(17)2)15-10-21-9-13-7-14(27-18(13)15)8-16-19(24)23-20(28)29-16/h4-10,22H,3H2,1-2H3,(H,23,24,28). The van der Waals surface area contributed by atoms with Gasteiger partial charge < -0.3 is 9.73 Å². The van der Waals surface area contributed by atoms with Crippen molar-refractivity contribution in [3.8, 4) is 11.1 Å². The topological polar surface area (TPSA) is 101 Å². The Bertz CT molecular complexity index is 1330. The number of nitrogens with zero attached hydrogens (tertiary/aromatic N) is 1. The minimum atomic E-state index is -3.55. The molecule has 1 saturated heterocycles. The Morgan fingerprint density at radius 3 is 2.77 bits per heavy atom. The zero-order valence-corrected chi connectivity index (χ0v) is 18.5. The van der Waals surface area contributed by atoms with Crippen LogP contribution in [0.15, 0.2) is 50.9 Å². The van der Waals surface area contributed by atoms with E-state index in [9.17, 15) is 13.2 Å². The van der Waals surface area contributed by atoms with Gasteiger partial charge in [0.05, 0.1) is 9.80 Å². The van der Waals surface area contributed by atoms with Crippen molar-refractivity contribution in [1.29, 1.82) is 0 Å². The fourth-order valence-electron chi connectivity index (χ4n) is 3.20. The monoisotopic (exact) mass is 459 g/mol. The van der Waals surface area contributed by atoms with E-state index in [1.54, 1.807) is 56.6 Å². The molecule has 10 heteroatoms. The van der Waals surface area contributed by atoms with E-state index in [2.05, 4.69) is 15.0 Å². The van der Waals surface area contributed by atoms with Crippen LogP contribution in [0.4, 0.5) is 0 Å². The van der Waals surface area contributed by atoms with Crippen molar-refractivity contribution in [2.45, 2.75) is 18.7 Å². The van der Waals surface area contributed by atoms with Gasteiger partial charge in [-0.15, -0.1) is 0 Å². The lowest BCUT2D eigenvalue weighted by atomic mass is 10.0. The van der Waals surface area contributed by atoms with Crippen molar-refractivity contribution >= 4 is 61.3 Å². The van der Waals surface area contributed by atoms with Crippen LogP contribution >= 0.6 is 24.0 Å². The number of aromatic nitrogens is 1. The fraction of sp³-hybridized carbons (Fsp3) is 0.150. The molecule has 30 heavy (non-hydrogen) atoms. The Kier molecular flexibility index (Phi) is 5.49. The SMILES string of the molecule is CCNS(=O)(=O)c1ccc(-c2cncc3cc(C=C4SC(=S)NC4=O)oc23)cc1C. The maximum atomic E-state index is 12.3. The molecule has 2 aromatic heterocycles. The van der Waals surface area contributed by atoms with Crippen molar-refractivity contribution in [3.05, 3.63) is 52.9 Å². The average Bonchev–Trinajstić information content (AvgIpc) is 3.23. The van der Waals surface area contributed by atoms with Crippen LogP contribution < -0.4 is 10.0 Å². The largest absolute Gasteiger partial charge is 0.456 e. The van der Waals surface area contributed by atoms with Gasteiger partial charge in [-0.2, -0.15) is 0 Å². The number of thiocarbonyl (C=S) groups is 1. The summed E-state index contributed by atoms with van der Waals surface area (Å²) in [7, 11) is -3.55. The van der Waals surface area contributed by atoms with Gasteiger partial charge in [0.2, 0.25) is 10.0 Å². The Balaban J connectivity index is 1.76. The van der Waals surface area contributed by atoms with Gasteiger partial charge in [0, 0.05) is 36.0 Å². The number of aryl methyl sites for hydroxylation is 1. The Labute approximate surface area is 183 Å². The third-order valence-corrected chi connectivity index (χ3v) is 7.34. The number of thioether (sulfide) groups is 1. The van der Waals surface area contributed by atoms with Gasteiger partial charge in [0.15, 0.2) is 0 Å². The molecule has 0 radical (unpaired) electrons. The number of rotatable bonds is 5. The summed E-state index contributed by atoms with van der Waals surface area (Å²) in [5, 5.41) is 3.34. The van der Waals surface area contributed by atoms with Crippen LogP contribution in [-0.2, 0) is 14.8 Å². The molecule has 1 aliphatic heterocycles. The van der Waals surface area contributed by atoms with Gasteiger partial charge in [0.1, 0.15) is 15.7 Å². The van der Waals surface area contributed by atoms with Crippen LogP contribution in [0.25, 0.3) is 28.2 Å². The van der Waals surface area contributed by atoms with Crippen molar-refractivity contribution in [2.75, 3.05) is 6.54 Å². The first-order valence-electron chi connectivity index (χ1n) is 9.01. The number of hydrogen-bond acceptors (Lipinski definition) is 7. The highest BCUT2D eigenvalue weighted by Crippen LogP contribution is 2.34. The van der Waals surface area contributed by atoms with Crippen molar-refractivity contribution in [3.63, 3.8) is 0 Å². The second-order valence-corrected chi connectivity index (χ2v) is 10.0. The second-order valence-electron chi connectivity index (χ2n) is 6.59. The van der Waals surface area contributed by atoms with E-state index in [-0.39, 0.29) is 10.8 Å². The predicted octanol–water partition coefficient (Wildman–Crippen LogP) is 3.59. The third-order valence-electron chi connectivity index (χ3n) is 4.47. The number of nitrogens with one attached hydrogen (secondary N) is 2. The van der Waals surface area contributed by atoms with Crippen LogP contribution in [0.3, 0.4) is 0 Å². The maximum absolute atomic E-state index is 12.3. The zero-order chi connectivity index (χ0) is 21.5. The van der Waals surface area contributed by atoms with E-state index in [1.807, 2.05) is 0 Å². The normalized spacial score (nSPS) is 15.9. The van der Waals surface area contributed by atoms with Crippen molar-refractivity contribution in [1.82, 2.24) is 15.0 Å². The van der Waals surface area contributed by atoms with Crippen LogP contribution in [0.2, 0.25) is 0 Å². The molecule has 0 saturated carbocycles. The molecular weight excluding hydrogens is 442 g/mol. The first kappa shape index (κ1) is 20.7. The highest BCUT2D eigenvalue weighted by molar-refractivity contribution is 8.26. The molecule has 0 bridgehead atoms. The summed E-state index contributed by atoms with van der Waals surface area (Å²) >= 11 is 6.19. The highest BCUT2D eigenvalue weighted by Gasteiger charge is 2.23. The Hall–Kier alpha value is -2.53. The Morgan fingerprint density at radius 1 is 1.30 bits per heavy atom. The number of hydrogen-bond donors (Lipinski definition) is 2. The first-order valence-corrected chi connectivity index (χ1v) is 11.7. The number of furan rings is 1. The van der Waals surface area contributed by atoms with Gasteiger partial charge in [-0.3, -0.25) is 9.78 Å². The molecule has 7 nitrogen and oxygen atoms in total. The quantitative estimate of drug-likeness (QED) is 0.444. The molecule has 1 aromatic carbocycles. The maximum Gasteiger partial charge on any atom is 0.263 e. The number of carbonyl (C=O) groups excluding carboxylic acids is 1. The molecule has 1 fully saturated rings. The smallest absolute Gasteiger partial charge is 0.263 e. The molecule has 3 aromatic rings. The number of benzene rings is 1. The molecule has 0 atom stereocenters. The molecule has 1 amide bonds. The zero-order valence-electron chi connectivity index (χ0n) is 16.1. The molecular formula is C20H17N3O4S3. The number of pyridine rings is 1. The van der Waals surface area contributed by atoms with E-state index in [0.29, 0.717) is 32.7 Å². The summed E-state index contributed by atoms with van der Waals surface area (Å²) in [5.41, 5.74) is 2.73. The minimum absolute atomic E-state index is 0.235. The van der Waals surface area contributed by atoms with Crippen molar-refractivity contribution in [2.24, 2.45) is 0 Å². The van der Waals surface area contributed by atoms with E-state index in [4.69, 9.17) is 16.6 Å². The molecule has 154 valence electrons. The number of amides is 1. The lowest BCUT2D eigenvalue weighted by Gasteiger charge is -2.10. The molecule has 0 unspecified atom stereocenters. The van der Waals surface area contributed by atoms with Gasteiger partial charge in [-0.25, -0.2) is 13.1 Å².